The molecule has 5 N–H and O–H groups in total. The maximum absolute atomic E-state index is 13.1. The molecule has 2 heterocycles. The van der Waals surface area contributed by atoms with Crippen molar-refractivity contribution >= 4 is 34.5 Å². The molecule has 1 saturated heterocycles. The summed E-state index contributed by atoms with van der Waals surface area (Å²) in [6.45, 7) is 11.6. The zero-order valence-electron chi connectivity index (χ0n) is 26.4. The SMILES string of the molecule is Cc1c(NC(=O)c2ccc(C(C)(C)C)cc2)cccc1-c1cn(C)c(=O)c(Nc2ccc(N3CCC(C)(O)CC3)c(N)c2)n1. The Morgan fingerprint density at radius 2 is 1.73 bits per heavy atom. The summed E-state index contributed by atoms with van der Waals surface area (Å²) < 4.78 is 1.49. The molecule has 5 rings (SSSR count). The molecule has 1 aliphatic rings. The van der Waals surface area contributed by atoms with E-state index in [4.69, 9.17) is 10.7 Å². The van der Waals surface area contributed by atoms with Gasteiger partial charge in [-0.1, -0.05) is 45.0 Å². The molecule has 44 heavy (non-hydrogen) atoms. The van der Waals surface area contributed by atoms with Crippen LogP contribution in [0.2, 0.25) is 0 Å². The van der Waals surface area contributed by atoms with Crippen LogP contribution in [-0.2, 0) is 12.5 Å². The molecule has 4 aromatic rings. The third-order valence-corrected chi connectivity index (χ3v) is 8.41. The lowest BCUT2D eigenvalue weighted by Gasteiger charge is -2.37. The lowest BCUT2D eigenvalue weighted by atomic mass is 9.86. The first kappa shape index (κ1) is 30.8. The highest BCUT2D eigenvalue weighted by atomic mass is 16.3. The van der Waals surface area contributed by atoms with Crippen molar-refractivity contribution in [3.05, 3.63) is 93.9 Å². The molecular formula is C35H42N6O3. The predicted octanol–water partition coefficient (Wildman–Crippen LogP) is 5.98. The first-order valence-electron chi connectivity index (χ1n) is 15.0. The standard InChI is InChI=1S/C35H42N6O3/c1-22-26(8-7-9-28(22)39-32(42)23-10-12-24(13-11-23)34(2,3)4)29-21-40(6)33(43)31(38-29)37-25-14-15-30(27(36)20-25)41-18-16-35(5,44)17-19-41/h7-15,20-21,44H,16-19,36H2,1-6H3,(H,37,38)(H,39,42). The number of aliphatic hydroxyl groups is 1. The van der Waals surface area contributed by atoms with Crippen LogP contribution in [0.25, 0.3) is 11.3 Å². The number of anilines is 5. The number of nitrogens with zero attached hydrogens (tertiary/aromatic N) is 3. The minimum Gasteiger partial charge on any atom is -0.397 e. The van der Waals surface area contributed by atoms with E-state index in [0.29, 0.717) is 41.2 Å². The van der Waals surface area contributed by atoms with Gasteiger partial charge in [0.15, 0.2) is 5.82 Å². The van der Waals surface area contributed by atoms with E-state index >= 15 is 0 Å². The van der Waals surface area contributed by atoms with Crippen molar-refractivity contribution in [3.8, 4) is 11.3 Å². The van der Waals surface area contributed by atoms with Gasteiger partial charge >= 0.3 is 0 Å². The first-order chi connectivity index (χ1) is 20.7. The third-order valence-electron chi connectivity index (χ3n) is 8.41. The fourth-order valence-electron chi connectivity index (χ4n) is 5.47. The molecule has 0 radical (unpaired) electrons. The molecule has 0 atom stereocenters. The van der Waals surface area contributed by atoms with Crippen LogP contribution in [0.1, 0.15) is 62.0 Å². The lowest BCUT2D eigenvalue weighted by Crippen LogP contribution is -2.42. The van der Waals surface area contributed by atoms with E-state index in [1.807, 2.05) is 68.4 Å². The van der Waals surface area contributed by atoms with Crippen LogP contribution in [0, 0.1) is 6.92 Å². The van der Waals surface area contributed by atoms with Crippen molar-refractivity contribution in [2.75, 3.05) is 34.4 Å². The average Bonchev–Trinajstić information content (AvgIpc) is 2.96. The average molecular weight is 595 g/mol. The van der Waals surface area contributed by atoms with Crippen molar-refractivity contribution in [3.63, 3.8) is 0 Å². The smallest absolute Gasteiger partial charge is 0.293 e. The number of piperidine rings is 1. The van der Waals surface area contributed by atoms with E-state index in [9.17, 15) is 14.7 Å². The number of hydrogen-bond donors (Lipinski definition) is 4. The monoisotopic (exact) mass is 594 g/mol. The van der Waals surface area contributed by atoms with Crippen molar-refractivity contribution in [1.82, 2.24) is 9.55 Å². The predicted molar refractivity (Wildman–Crippen MR) is 179 cm³/mol. The van der Waals surface area contributed by atoms with Crippen LogP contribution in [0.4, 0.5) is 28.6 Å². The van der Waals surface area contributed by atoms with Crippen LogP contribution in [0.5, 0.6) is 0 Å². The Bertz CT molecular complexity index is 1740. The fraction of sp³-hybridized carbons (Fsp3) is 0.343. The molecule has 9 heteroatoms. The number of nitrogens with one attached hydrogen (secondary N) is 2. The van der Waals surface area contributed by atoms with Crippen LogP contribution in [-0.4, -0.2) is 39.3 Å². The summed E-state index contributed by atoms with van der Waals surface area (Å²) in [5.74, 6) is -0.0311. The Labute approximate surface area is 258 Å². The summed E-state index contributed by atoms with van der Waals surface area (Å²) in [5, 5.41) is 16.5. The highest BCUT2D eigenvalue weighted by Gasteiger charge is 2.28. The van der Waals surface area contributed by atoms with Crippen molar-refractivity contribution < 1.29 is 9.90 Å². The molecule has 0 bridgehead atoms. The van der Waals surface area contributed by atoms with Crippen molar-refractivity contribution in [2.24, 2.45) is 7.05 Å². The molecule has 0 unspecified atom stereocenters. The number of benzene rings is 3. The van der Waals surface area contributed by atoms with Crippen molar-refractivity contribution in [2.45, 2.75) is 58.5 Å². The van der Waals surface area contributed by atoms with Gasteiger partial charge in [-0.25, -0.2) is 4.98 Å². The quantitative estimate of drug-likeness (QED) is 0.202. The normalized spacial score (nSPS) is 14.8. The molecular weight excluding hydrogens is 552 g/mol. The highest BCUT2D eigenvalue weighted by Crippen LogP contribution is 2.33. The van der Waals surface area contributed by atoms with Gasteiger partial charge in [-0.05, 0) is 79.6 Å². The van der Waals surface area contributed by atoms with Gasteiger partial charge < -0.3 is 30.9 Å². The molecule has 1 fully saturated rings. The van der Waals surface area contributed by atoms with Gasteiger partial charge in [0.05, 0.1) is 22.7 Å². The Morgan fingerprint density at radius 1 is 1.05 bits per heavy atom. The van der Waals surface area contributed by atoms with Gasteiger partial charge in [0, 0.05) is 48.8 Å². The molecule has 1 aromatic heterocycles. The van der Waals surface area contributed by atoms with E-state index in [1.165, 1.54) is 4.57 Å². The highest BCUT2D eigenvalue weighted by molar-refractivity contribution is 6.05. The van der Waals surface area contributed by atoms with E-state index in [2.05, 4.69) is 36.3 Å². The summed E-state index contributed by atoms with van der Waals surface area (Å²) in [4.78, 5) is 33.0. The van der Waals surface area contributed by atoms with E-state index in [-0.39, 0.29) is 22.7 Å². The van der Waals surface area contributed by atoms with Gasteiger partial charge in [0.2, 0.25) is 0 Å². The summed E-state index contributed by atoms with van der Waals surface area (Å²) in [6.07, 6.45) is 3.04. The topological polar surface area (TPSA) is 126 Å². The van der Waals surface area contributed by atoms with Crippen LogP contribution in [0.3, 0.4) is 0 Å². The lowest BCUT2D eigenvalue weighted by molar-refractivity contribution is 0.0351. The Morgan fingerprint density at radius 3 is 2.36 bits per heavy atom. The first-order valence-corrected chi connectivity index (χ1v) is 15.0. The van der Waals surface area contributed by atoms with E-state index in [0.717, 1.165) is 35.5 Å². The number of carbonyl (C=O) groups is 1. The largest absolute Gasteiger partial charge is 0.397 e. The molecule has 230 valence electrons. The summed E-state index contributed by atoms with van der Waals surface area (Å²) in [5.41, 5.74) is 12.2. The molecule has 0 saturated carbocycles. The Kier molecular flexibility index (Phi) is 8.27. The van der Waals surface area contributed by atoms with Gasteiger partial charge in [-0.3, -0.25) is 9.59 Å². The minimum atomic E-state index is -0.647. The van der Waals surface area contributed by atoms with Crippen LogP contribution >= 0.6 is 0 Å². The molecule has 3 aromatic carbocycles. The zero-order valence-corrected chi connectivity index (χ0v) is 26.4. The molecule has 1 aliphatic heterocycles. The Balaban J connectivity index is 1.37. The van der Waals surface area contributed by atoms with E-state index in [1.54, 1.807) is 19.3 Å². The maximum atomic E-state index is 13.1. The summed E-state index contributed by atoms with van der Waals surface area (Å²) in [6, 6.07) is 18.9. The number of nitrogen functional groups attached to an aromatic ring is 1. The Hall–Kier alpha value is -4.63. The number of amides is 1. The third kappa shape index (κ3) is 6.63. The number of hydrogen-bond acceptors (Lipinski definition) is 7. The molecule has 0 aliphatic carbocycles. The van der Waals surface area contributed by atoms with E-state index < -0.39 is 5.60 Å². The number of nitrogens with two attached hydrogens (primary N) is 1. The summed E-state index contributed by atoms with van der Waals surface area (Å²) in [7, 11) is 1.68. The van der Waals surface area contributed by atoms with Gasteiger partial charge in [0.1, 0.15) is 0 Å². The second-order valence-corrected chi connectivity index (χ2v) is 13.0. The van der Waals surface area contributed by atoms with Crippen LogP contribution < -0.4 is 26.8 Å². The van der Waals surface area contributed by atoms with Crippen molar-refractivity contribution in [1.29, 1.82) is 0 Å². The molecule has 9 nitrogen and oxygen atoms in total. The summed E-state index contributed by atoms with van der Waals surface area (Å²) >= 11 is 0. The van der Waals surface area contributed by atoms with Gasteiger partial charge in [-0.15, -0.1) is 0 Å². The second kappa shape index (κ2) is 11.8. The van der Waals surface area contributed by atoms with Gasteiger partial charge in [-0.2, -0.15) is 0 Å². The minimum absolute atomic E-state index is 0.00357. The number of aromatic nitrogens is 2. The second-order valence-electron chi connectivity index (χ2n) is 13.0. The number of carbonyl (C=O) groups excluding carboxylic acids is 1. The van der Waals surface area contributed by atoms with Crippen LogP contribution in [0.15, 0.2) is 71.7 Å². The number of rotatable bonds is 6. The van der Waals surface area contributed by atoms with Gasteiger partial charge in [0.25, 0.3) is 11.5 Å². The fourth-order valence-corrected chi connectivity index (χ4v) is 5.47. The molecule has 0 spiro atoms. The maximum Gasteiger partial charge on any atom is 0.293 e. The molecule has 1 amide bonds. The zero-order chi connectivity index (χ0) is 31.8. The number of aryl methyl sites for hydroxylation is 1.